The third-order valence-corrected chi connectivity index (χ3v) is 5.46. The Morgan fingerprint density at radius 2 is 1.72 bits per heavy atom. The molecule has 0 saturated carbocycles. The molecule has 5 aromatic rings. The van der Waals surface area contributed by atoms with E-state index in [9.17, 15) is 0 Å². The van der Waals surface area contributed by atoms with E-state index in [1.54, 1.807) is 12.7 Å². The third kappa shape index (κ3) is 2.28. The maximum absolute atomic E-state index is 4.58. The molecular formula is C19H10Br2N4. The van der Waals surface area contributed by atoms with Gasteiger partial charge in [0.1, 0.15) is 6.33 Å². The molecule has 0 radical (unpaired) electrons. The summed E-state index contributed by atoms with van der Waals surface area (Å²) in [5.74, 6) is 0. The lowest BCUT2D eigenvalue weighted by molar-refractivity contribution is 1.23. The van der Waals surface area contributed by atoms with E-state index in [0.29, 0.717) is 0 Å². The predicted molar refractivity (Wildman–Crippen MR) is 108 cm³/mol. The van der Waals surface area contributed by atoms with Gasteiger partial charge in [-0.05, 0) is 40.2 Å². The minimum atomic E-state index is 0.916. The van der Waals surface area contributed by atoms with Crippen LogP contribution in [0.2, 0.25) is 0 Å². The van der Waals surface area contributed by atoms with Gasteiger partial charge in [-0.1, -0.05) is 34.1 Å². The van der Waals surface area contributed by atoms with E-state index >= 15 is 0 Å². The summed E-state index contributed by atoms with van der Waals surface area (Å²) >= 11 is 7.24. The summed E-state index contributed by atoms with van der Waals surface area (Å²) in [6, 6.07) is 14.4. The maximum Gasteiger partial charge on any atom is 0.116 e. The van der Waals surface area contributed by atoms with Gasteiger partial charge in [0.2, 0.25) is 0 Å². The highest BCUT2D eigenvalue weighted by Crippen LogP contribution is 2.37. The topological polar surface area (TPSA) is 54.5 Å². The summed E-state index contributed by atoms with van der Waals surface area (Å²) in [7, 11) is 0. The molecule has 25 heavy (non-hydrogen) atoms. The van der Waals surface area contributed by atoms with E-state index in [1.807, 2.05) is 18.2 Å². The number of hydrogen-bond acceptors (Lipinski definition) is 3. The fourth-order valence-electron chi connectivity index (χ4n) is 3.26. The van der Waals surface area contributed by atoms with Crippen LogP contribution >= 0.6 is 31.9 Å². The van der Waals surface area contributed by atoms with Gasteiger partial charge in [0, 0.05) is 30.7 Å². The van der Waals surface area contributed by atoms with Crippen molar-refractivity contribution in [3.63, 3.8) is 0 Å². The predicted octanol–water partition coefficient (Wildman–Crippen LogP) is 5.85. The normalized spacial score (nSPS) is 11.6. The van der Waals surface area contributed by atoms with Crippen molar-refractivity contribution in [1.29, 1.82) is 0 Å². The molecule has 5 rings (SSSR count). The number of aromatic amines is 1. The minimum Gasteiger partial charge on any atom is -0.345 e. The van der Waals surface area contributed by atoms with Crippen LogP contribution in [0.4, 0.5) is 0 Å². The number of nitrogens with one attached hydrogen (secondary N) is 1. The first-order chi connectivity index (χ1) is 12.2. The molecule has 0 amide bonds. The molecule has 0 fully saturated rings. The number of imidazole rings is 1. The van der Waals surface area contributed by atoms with Crippen LogP contribution in [0.1, 0.15) is 0 Å². The van der Waals surface area contributed by atoms with Crippen LogP contribution < -0.4 is 0 Å². The Bertz CT molecular complexity index is 1280. The number of aromatic nitrogens is 4. The van der Waals surface area contributed by atoms with Crippen LogP contribution in [0.3, 0.4) is 0 Å². The van der Waals surface area contributed by atoms with E-state index < -0.39 is 0 Å². The second-order valence-corrected chi connectivity index (χ2v) is 7.54. The Kier molecular flexibility index (Phi) is 3.36. The van der Waals surface area contributed by atoms with E-state index in [2.05, 4.69) is 76.1 Å². The fraction of sp³-hybridized carbons (Fsp3) is 0. The lowest BCUT2D eigenvalue weighted by atomic mass is 10.0. The Morgan fingerprint density at radius 3 is 2.60 bits per heavy atom. The van der Waals surface area contributed by atoms with Crippen molar-refractivity contribution in [2.75, 3.05) is 0 Å². The van der Waals surface area contributed by atoms with Crippen molar-refractivity contribution in [1.82, 2.24) is 19.9 Å². The van der Waals surface area contributed by atoms with Crippen molar-refractivity contribution >= 4 is 64.6 Å². The molecule has 4 nitrogen and oxygen atoms in total. The third-order valence-electron chi connectivity index (χ3n) is 4.34. The standard InChI is InChI=1S/C19H10Br2N4/c20-11-3-1-2-10(6-11)17-13-5-4-12-16(19(13)25-9-23-17)14(21)7-15-18(12)24-8-22-15/h1-9H,(H,22,24). The Labute approximate surface area is 159 Å². The SMILES string of the molecule is Brc1cccc(-c2ncnc3c2ccc2c4nc[nH]c4cc(Br)c23)c1. The van der Waals surface area contributed by atoms with Gasteiger partial charge in [-0.15, -0.1) is 0 Å². The molecular weight excluding hydrogens is 444 g/mol. The highest BCUT2D eigenvalue weighted by molar-refractivity contribution is 9.11. The van der Waals surface area contributed by atoms with Gasteiger partial charge in [0.25, 0.3) is 0 Å². The zero-order valence-corrected chi connectivity index (χ0v) is 16.0. The zero-order chi connectivity index (χ0) is 17.0. The van der Waals surface area contributed by atoms with E-state index in [1.165, 1.54) is 0 Å². The van der Waals surface area contributed by atoms with Crippen molar-refractivity contribution in [2.45, 2.75) is 0 Å². The number of fused-ring (bicyclic) bond motifs is 5. The monoisotopic (exact) mass is 452 g/mol. The fourth-order valence-corrected chi connectivity index (χ4v) is 4.29. The van der Waals surface area contributed by atoms with Gasteiger partial charge >= 0.3 is 0 Å². The van der Waals surface area contributed by atoms with Gasteiger partial charge in [0.15, 0.2) is 0 Å². The van der Waals surface area contributed by atoms with E-state index in [0.717, 1.165) is 52.9 Å². The van der Waals surface area contributed by atoms with Crippen LogP contribution in [-0.4, -0.2) is 19.9 Å². The molecule has 0 bridgehead atoms. The lowest BCUT2D eigenvalue weighted by Crippen LogP contribution is -1.91. The number of benzene rings is 3. The van der Waals surface area contributed by atoms with Crippen LogP contribution in [0.5, 0.6) is 0 Å². The number of nitrogens with zero attached hydrogens (tertiary/aromatic N) is 3. The van der Waals surface area contributed by atoms with Gasteiger partial charge in [0.05, 0.1) is 28.6 Å². The van der Waals surface area contributed by atoms with Crippen molar-refractivity contribution in [2.24, 2.45) is 0 Å². The highest BCUT2D eigenvalue weighted by Gasteiger charge is 2.14. The summed E-state index contributed by atoms with van der Waals surface area (Å²) in [5, 5.41) is 3.14. The number of hydrogen-bond donors (Lipinski definition) is 1. The Morgan fingerprint density at radius 1 is 0.840 bits per heavy atom. The number of halogens is 2. The summed E-state index contributed by atoms with van der Waals surface area (Å²) in [6.45, 7) is 0. The van der Waals surface area contributed by atoms with Crippen LogP contribution in [-0.2, 0) is 0 Å². The quantitative estimate of drug-likeness (QED) is 0.324. The summed E-state index contributed by atoms with van der Waals surface area (Å²) in [6.07, 6.45) is 3.34. The van der Waals surface area contributed by atoms with E-state index in [-0.39, 0.29) is 0 Å². The van der Waals surface area contributed by atoms with Gasteiger partial charge in [-0.3, -0.25) is 0 Å². The molecule has 0 aliphatic rings. The molecule has 0 saturated heterocycles. The Balaban J connectivity index is 1.93. The molecule has 0 aliphatic carbocycles. The first-order valence-electron chi connectivity index (χ1n) is 7.67. The molecule has 0 aliphatic heterocycles. The van der Waals surface area contributed by atoms with Crippen molar-refractivity contribution in [3.8, 4) is 11.3 Å². The van der Waals surface area contributed by atoms with Gasteiger partial charge in [-0.2, -0.15) is 0 Å². The molecule has 3 aromatic carbocycles. The summed E-state index contributed by atoms with van der Waals surface area (Å²) in [4.78, 5) is 16.7. The van der Waals surface area contributed by atoms with Crippen LogP contribution in [0.25, 0.3) is 44.0 Å². The molecule has 0 unspecified atom stereocenters. The average Bonchev–Trinajstić information content (AvgIpc) is 3.09. The first-order valence-corrected chi connectivity index (χ1v) is 9.26. The molecule has 2 aromatic heterocycles. The molecule has 120 valence electrons. The molecule has 2 heterocycles. The highest BCUT2D eigenvalue weighted by atomic mass is 79.9. The van der Waals surface area contributed by atoms with Gasteiger partial charge < -0.3 is 4.98 Å². The summed E-state index contributed by atoms with van der Waals surface area (Å²) in [5.41, 5.74) is 4.84. The minimum absolute atomic E-state index is 0.916. The van der Waals surface area contributed by atoms with Crippen LogP contribution in [0, 0.1) is 0 Å². The lowest BCUT2D eigenvalue weighted by Gasteiger charge is -2.10. The zero-order valence-electron chi connectivity index (χ0n) is 12.8. The smallest absolute Gasteiger partial charge is 0.116 e. The summed E-state index contributed by atoms with van der Waals surface area (Å²) < 4.78 is 2.01. The van der Waals surface area contributed by atoms with Crippen molar-refractivity contribution in [3.05, 3.63) is 64.1 Å². The second-order valence-electron chi connectivity index (χ2n) is 5.77. The largest absolute Gasteiger partial charge is 0.345 e. The molecule has 6 heteroatoms. The first kappa shape index (κ1) is 15.0. The van der Waals surface area contributed by atoms with Gasteiger partial charge in [-0.25, -0.2) is 15.0 Å². The van der Waals surface area contributed by atoms with Crippen LogP contribution in [0.15, 0.2) is 64.1 Å². The molecule has 1 N–H and O–H groups in total. The Hall–Kier alpha value is -2.31. The molecule has 0 atom stereocenters. The maximum atomic E-state index is 4.58. The van der Waals surface area contributed by atoms with Crippen molar-refractivity contribution < 1.29 is 0 Å². The van der Waals surface area contributed by atoms with E-state index in [4.69, 9.17) is 0 Å². The number of H-pyrrole nitrogens is 1. The molecule has 0 spiro atoms. The average molecular weight is 454 g/mol. The number of rotatable bonds is 1. The second kappa shape index (κ2) is 5.61.